The van der Waals surface area contributed by atoms with Crippen molar-refractivity contribution in [3.05, 3.63) is 94.6 Å². The number of anilines is 3. The summed E-state index contributed by atoms with van der Waals surface area (Å²) >= 11 is 6.26. The minimum atomic E-state index is -0.254. The summed E-state index contributed by atoms with van der Waals surface area (Å²) in [7, 11) is 0. The van der Waals surface area contributed by atoms with E-state index in [1.807, 2.05) is 13.0 Å². The Kier molecular flexibility index (Phi) is 4.47. The fourth-order valence-corrected chi connectivity index (χ4v) is 4.27. The van der Waals surface area contributed by atoms with Crippen molar-refractivity contribution in [2.45, 2.75) is 32.7 Å². The highest BCUT2D eigenvalue weighted by Crippen LogP contribution is 2.42. The predicted octanol–water partition coefficient (Wildman–Crippen LogP) is 7.31. The summed E-state index contributed by atoms with van der Waals surface area (Å²) in [6.45, 7) is 14.8. The minimum absolute atomic E-state index is 0.254. The predicted molar refractivity (Wildman–Crippen MR) is 123 cm³/mol. The van der Waals surface area contributed by atoms with E-state index < -0.39 is 0 Å². The smallest absolute Gasteiger partial charge is 0.0634 e. The molecular formula is C25H25ClN2. The SMILES string of the molecule is C=C(C)C1=CC(Cl)=CCC1(C)Nc1ccc2c(c1)C(=C)c1cc(C)ccc1N2. The Bertz CT molecular complexity index is 1070. The van der Waals surface area contributed by atoms with Gasteiger partial charge in [0.25, 0.3) is 0 Å². The Hall–Kier alpha value is -2.71. The van der Waals surface area contributed by atoms with E-state index in [0.717, 1.165) is 56.4 Å². The lowest BCUT2D eigenvalue weighted by atomic mass is 9.81. The summed E-state index contributed by atoms with van der Waals surface area (Å²) in [5.41, 5.74) is 9.70. The third-order valence-electron chi connectivity index (χ3n) is 5.58. The van der Waals surface area contributed by atoms with Gasteiger partial charge in [0, 0.05) is 33.2 Å². The zero-order valence-electron chi connectivity index (χ0n) is 16.6. The molecule has 2 aliphatic rings. The third-order valence-corrected chi connectivity index (χ3v) is 5.84. The number of hydrogen-bond acceptors (Lipinski definition) is 2. The Balaban J connectivity index is 1.69. The minimum Gasteiger partial charge on any atom is -0.375 e. The van der Waals surface area contributed by atoms with Crippen LogP contribution in [-0.4, -0.2) is 5.54 Å². The normalized spacial score (nSPS) is 20.4. The molecular weight excluding hydrogens is 364 g/mol. The first kappa shape index (κ1) is 18.6. The highest BCUT2D eigenvalue weighted by atomic mass is 35.5. The molecule has 2 aromatic carbocycles. The van der Waals surface area contributed by atoms with Gasteiger partial charge in [-0.2, -0.15) is 0 Å². The first-order chi connectivity index (χ1) is 13.3. The van der Waals surface area contributed by atoms with Crippen LogP contribution in [0.25, 0.3) is 5.57 Å². The van der Waals surface area contributed by atoms with Crippen molar-refractivity contribution >= 4 is 34.2 Å². The van der Waals surface area contributed by atoms with Gasteiger partial charge in [-0.15, -0.1) is 0 Å². The maximum absolute atomic E-state index is 6.26. The molecule has 0 fully saturated rings. The average molecular weight is 389 g/mol. The molecule has 4 rings (SSSR count). The summed E-state index contributed by atoms with van der Waals surface area (Å²) in [4.78, 5) is 0. The zero-order chi connectivity index (χ0) is 20.1. The zero-order valence-corrected chi connectivity index (χ0v) is 17.4. The first-order valence-electron chi connectivity index (χ1n) is 9.50. The second-order valence-corrected chi connectivity index (χ2v) is 8.44. The van der Waals surface area contributed by atoms with Gasteiger partial charge >= 0.3 is 0 Å². The van der Waals surface area contributed by atoms with E-state index in [4.69, 9.17) is 11.6 Å². The van der Waals surface area contributed by atoms with Crippen molar-refractivity contribution in [1.29, 1.82) is 0 Å². The number of fused-ring (bicyclic) bond motifs is 2. The molecule has 0 aromatic heterocycles. The lowest BCUT2D eigenvalue weighted by Crippen LogP contribution is -2.38. The summed E-state index contributed by atoms with van der Waals surface area (Å²) in [5.74, 6) is 0. The highest BCUT2D eigenvalue weighted by Gasteiger charge is 2.31. The van der Waals surface area contributed by atoms with E-state index in [1.54, 1.807) is 0 Å². The first-order valence-corrected chi connectivity index (χ1v) is 9.88. The molecule has 1 unspecified atom stereocenters. The number of allylic oxidation sites excluding steroid dienone is 2. The molecule has 2 aromatic rings. The van der Waals surface area contributed by atoms with Crippen LogP contribution in [0, 0.1) is 6.92 Å². The van der Waals surface area contributed by atoms with E-state index in [2.05, 4.69) is 80.1 Å². The standard InChI is InChI=1S/C25H25ClN2/c1-15(2)22-13-18(26)10-11-25(22,5)28-19-7-9-24-21(14-19)17(4)20-12-16(3)6-8-23(20)27-24/h6-10,12-14,27-28H,1,4,11H2,2-3,5H3. The van der Waals surface area contributed by atoms with Gasteiger partial charge in [-0.1, -0.05) is 48.0 Å². The molecule has 0 radical (unpaired) electrons. The fraction of sp³-hybridized carbons (Fsp3) is 0.200. The van der Waals surface area contributed by atoms with Crippen molar-refractivity contribution in [3.8, 4) is 0 Å². The molecule has 1 atom stereocenters. The molecule has 28 heavy (non-hydrogen) atoms. The summed E-state index contributed by atoms with van der Waals surface area (Å²) in [5, 5.41) is 8.01. The van der Waals surface area contributed by atoms with Crippen LogP contribution < -0.4 is 10.6 Å². The maximum Gasteiger partial charge on any atom is 0.0634 e. The average Bonchev–Trinajstić information content (AvgIpc) is 2.65. The maximum atomic E-state index is 6.26. The number of aryl methyl sites for hydroxylation is 1. The fourth-order valence-electron chi connectivity index (χ4n) is 4.09. The van der Waals surface area contributed by atoms with E-state index >= 15 is 0 Å². The molecule has 1 aliphatic heterocycles. The molecule has 0 saturated heterocycles. The van der Waals surface area contributed by atoms with Crippen molar-refractivity contribution < 1.29 is 0 Å². The summed E-state index contributed by atoms with van der Waals surface area (Å²) in [6.07, 6.45) is 4.88. The van der Waals surface area contributed by atoms with Crippen LogP contribution in [0.4, 0.5) is 17.1 Å². The largest absolute Gasteiger partial charge is 0.375 e. The molecule has 0 saturated carbocycles. The van der Waals surface area contributed by atoms with Crippen LogP contribution in [0.2, 0.25) is 0 Å². The molecule has 2 N–H and O–H groups in total. The van der Waals surface area contributed by atoms with Crippen LogP contribution in [0.5, 0.6) is 0 Å². The van der Waals surface area contributed by atoms with E-state index in [1.165, 1.54) is 5.56 Å². The van der Waals surface area contributed by atoms with Crippen LogP contribution in [0.1, 0.15) is 37.0 Å². The quantitative estimate of drug-likeness (QED) is 0.491. The van der Waals surface area contributed by atoms with E-state index in [0.29, 0.717) is 0 Å². The second kappa shape index (κ2) is 6.72. The van der Waals surface area contributed by atoms with Crippen LogP contribution in [0.15, 0.2) is 77.9 Å². The van der Waals surface area contributed by atoms with Gasteiger partial charge in [0.05, 0.1) is 5.54 Å². The van der Waals surface area contributed by atoms with E-state index in [-0.39, 0.29) is 5.54 Å². The van der Waals surface area contributed by atoms with Crippen molar-refractivity contribution in [3.63, 3.8) is 0 Å². The monoisotopic (exact) mass is 388 g/mol. The van der Waals surface area contributed by atoms with Crippen LogP contribution >= 0.6 is 11.6 Å². The lowest BCUT2D eigenvalue weighted by molar-refractivity contribution is 0.606. The van der Waals surface area contributed by atoms with Crippen LogP contribution in [-0.2, 0) is 0 Å². The Morgan fingerprint density at radius 3 is 2.54 bits per heavy atom. The van der Waals surface area contributed by atoms with Gasteiger partial charge in [0.2, 0.25) is 0 Å². The van der Waals surface area contributed by atoms with Gasteiger partial charge in [-0.3, -0.25) is 0 Å². The van der Waals surface area contributed by atoms with Crippen molar-refractivity contribution in [2.24, 2.45) is 0 Å². The molecule has 0 spiro atoms. The molecule has 0 amide bonds. The Morgan fingerprint density at radius 1 is 1.14 bits per heavy atom. The van der Waals surface area contributed by atoms with Gasteiger partial charge in [-0.05, 0) is 74.7 Å². The van der Waals surface area contributed by atoms with Gasteiger partial charge in [-0.25, -0.2) is 0 Å². The van der Waals surface area contributed by atoms with Gasteiger partial charge in [0.15, 0.2) is 0 Å². The van der Waals surface area contributed by atoms with Crippen molar-refractivity contribution in [1.82, 2.24) is 0 Å². The summed E-state index contributed by atoms with van der Waals surface area (Å²) < 4.78 is 0. The number of halogens is 1. The highest BCUT2D eigenvalue weighted by molar-refractivity contribution is 6.31. The number of nitrogens with one attached hydrogen (secondary N) is 2. The third kappa shape index (κ3) is 3.18. The molecule has 3 heteroatoms. The molecule has 1 aliphatic carbocycles. The molecule has 0 bridgehead atoms. The number of rotatable bonds is 3. The lowest BCUT2D eigenvalue weighted by Gasteiger charge is -2.37. The number of hydrogen-bond donors (Lipinski definition) is 2. The van der Waals surface area contributed by atoms with Crippen LogP contribution in [0.3, 0.4) is 0 Å². The summed E-state index contributed by atoms with van der Waals surface area (Å²) in [6, 6.07) is 12.8. The molecule has 1 heterocycles. The van der Waals surface area contributed by atoms with E-state index in [9.17, 15) is 0 Å². The molecule has 142 valence electrons. The Morgan fingerprint density at radius 2 is 1.82 bits per heavy atom. The topological polar surface area (TPSA) is 24.1 Å². The van der Waals surface area contributed by atoms with Gasteiger partial charge in [0.1, 0.15) is 0 Å². The van der Waals surface area contributed by atoms with Gasteiger partial charge < -0.3 is 10.6 Å². The number of benzene rings is 2. The molecule has 2 nitrogen and oxygen atoms in total. The van der Waals surface area contributed by atoms with Crippen molar-refractivity contribution in [2.75, 3.05) is 10.6 Å². The Labute approximate surface area is 172 Å². The second-order valence-electron chi connectivity index (χ2n) is 8.00.